The van der Waals surface area contributed by atoms with E-state index >= 15 is 0 Å². The first-order valence-corrected chi connectivity index (χ1v) is 13.6. The van der Waals surface area contributed by atoms with Crippen LogP contribution in [0.25, 0.3) is 0 Å². The highest BCUT2D eigenvalue weighted by molar-refractivity contribution is 5.76. The van der Waals surface area contributed by atoms with Gasteiger partial charge in [0.05, 0.1) is 17.3 Å². The number of rotatable bonds is 12. The van der Waals surface area contributed by atoms with Crippen LogP contribution in [0.2, 0.25) is 0 Å². The smallest absolute Gasteiger partial charge is 0.343 e. The third-order valence-corrected chi connectivity index (χ3v) is 7.36. The minimum Gasteiger partial charge on any atom is -0.343 e. The zero-order valence-corrected chi connectivity index (χ0v) is 23.6. The summed E-state index contributed by atoms with van der Waals surface area (Å²) >= 11 is 0. The number of hydrogen-bond acceptors (Lipinski definition) is 6. The van der Waals surface area contributed by atoms with Crippen LogP contribution in [0.4, 0.5) is 26.3 Å². The van der Waals surface area contributed by atoms with Gasteiger partial charge in [0.15, 0.2) is 0 Å². The van der Waals surface area contributed by atoms with Gasteiger partial charge >= 0.3 is 12.4 Å². The SMILES string of the molecule is CCCN(CCCCCc1ncc(C(F)(F)F)cn1)C(=O)CCN(C)C1c2n[nH]c(=O)c(C(F)(F)F)c2CC1(C)C. The van der Waals surface area contributed by atoms with Crippen molar-refractivity contribution >= 4 is 5.91 Å². The van der Waals surface area contributed by atoms with Crippen molar-refractivity contribution in [3.05, 3.63) is 51.0 Å². The number of H-pyrrole nitrogens is 1. The van der Waals surface area contributed by atoms with Crippen LogP contribution in [-0.2, 0) is 30.0 Å². The fourth-order valence-corrected chi connectivity index (χ4v) is 5.52. The minimum atomic E-state index is -4.80. The Labute approximate surface area is 234 Å². The molecule has 0 saturated heterocycles. The van der Waals surface area contributed by atoms with Crippen LogP contribution < -0.4 is 5.56 Å². The zero-order chi connectivity index (χ0) is 30.6. The number of halogens is 6. The molecule has 0 saturated carbocycles. The van der Waals surface area contributed by atoms with Gasteiger partial charge in [0.1, 0.15) is 11.4 Å². The van der Waals surface area contributed by atoms with Crippen molar-refractivity contribution in [1.29, 1.82) is 0 Å². The Morgan fingerprint density at radius 3 is 2.27 bits per heavy atom. The number of nitrogens with zero attached hydrogens (tertiary/aromatic N) is 5. The van der Waals surface area contributed by atoms with Crippen molar-refractivity contribution in [2.75, 3.05) is 26.7 Å². The lowest BCUT2D eigenvalue weighted by Crippen LogP contribution is -2.38. The van der Waals surface area contributed by atoms with E-state index in [9.17, 15) is 35.9 Å². The van der Waals surface area contributed by atoms with Crippen LogP contribution in [0.5, 0.6) is 0 Å². The topological polar surface area (TPSA) is 95.1 Å². The Hall–Kier alpha value is -3.03. The van der Waals surface area contributed by atoms with E-state index in [1.807, 2.05) is 30.8 Å². The summed E-state index contributed by atoms with van der Waals surface area (Å²) < 4.78 is 78.8. The molecule has 8 nitrogen and oxygen atoms in total. The molecule has 0 radical (unpaired) electrons. The summed E-state index contributed by atoms with van der Waals surface area (Å²) in [6, 6.07) is -0.518. The molecule has 0 bridgehead atoms. The Kier molecular flexibility index (Phi) is 10.2. The Balaban J connectivity index is 1.54. The number of nitrogens with one attached hydrogen (secondary N) is 1. The van der Waals surface area contributed by atoms with E-state index in [2.05, 4.69) is 15.1 Å². The third kappa shape index (κ3) is 8.04. The van der Waals surface area contributed by atoms with Crippen LogP contribution in [0.1, 0.15) is 87.1 Å². The maximum Gasteiger partial charge on any atom is 0.422 e. The molecule has 1 amide bonds. The van der Waals surface area contributed by atoms with E-state index in [-0.39, 0.29) is 30.0 Å². The number of amides is 1. The molecule has 2 heterocycles. The number of aromatic amines is 1. The number of hydrogen-bond donors (Lipinski definition) is 1. The molecule has 1 N–H and O–H groups in total. The molecule has 0 aliphatic heterocycles. The van der Waals surface area contributed by atoms with Crippen LogP contribution in [0.15, 0.2) is 17.2 Å². The van der Waals surface area contributed by atoms with Crippen molar-refractivity contribution in [2.24, 2.45) is 5.41 Å². The molecule has 228 valence electrons. The molecule has 3 rings (SSSR count). The Morgan fingerprint density at radius 2 is 1.68 bits per heavy atom. The zero-order valence-electron chi connectivity index (χ0n) is 23.6. The summed E-state index contributed by atoms with van der Waals surface area (Å²) in [7, 11) is 1.74. The molecule has 0 spiro atoms. The fourth-order valence-electron chi connectivity index (χ4n) is 5.52. The summed E-state index contributed by atoms with van der Waals surface area (Å²) in [5.41, 5.74) is -3.91. The van der Waals surface area contributed by atoms with Gasteiger partial charge in [0.2, 0.25) is 5.91 Å². The molecule has 1 atom stereocenters. The maximum atomic E-state index is 13.6. The minimum absolute atomic E-state index is 0.0382. The second-order valence-electron chi connectivity index (χ2n) is 11.2. The number of carbonyl (C=O) groups excluding carboxylic acids is 1. The summed E-state index contributed by atoms with van der Waals surface area (Å²) in [6.45, 7) is 6.96. The average Bonchev–Trinajstić information content (AvgIpc) is 3.14. The van der Waals surface area contributed by atoms with Gasteiger partial charge in [0, 0.05) is 44.9 Å². The highest BCUT2D eigenvalue weighted by atomic mass is 19.4. The van der Waals surface area contributed by atoms with E-state index in [4.69, 9.17) is 0 Å². The van der Waals surface area contributed by atoms with Gasteiger partial charge in [-0.2, -0.15) is 31.4 Å². The van der Waals surface area contributed by atoms with Crippen molar-refractivity contribution in [2.45, 2.75) is 84.1 Å². The first-order chi connectivity index (χ1) is 19.1. The van der Waals surface area contributed by atoms with Crippen molar-refractivity contribution in [3.63, 3.8) is 0 Å². The summed E-state index contributed by atoms with van der Waals surface area (Å²) in [6.07, 6.45) is -4.26. The van der Waals surface area contributed by atoms with E-state index in [1.54, 1.807) is 11.9 Å². The van der Waals surface area contributed by atoms with Gasteiger partial charge in [0.25, 0.3) is 5.56 Å². The summed E-state index contributed by atoms with van der Waals surface area (Å²) in [5, 5.41) is 5.99. The molecule has 1 aliphatic carbocycles. The van der Waals surface area contributed by atoms with Gasteiger partial charge in [-0.25, -0.2) is 15.1 Å². The van der Waals surface area contributed by atoms with E-state index in [1.165, 1.54) is 0 Å². The molecule has 1 unspecified atom stereocenters. The molecular weight excluding hydrogens is 554 g/mol. The Morgan fingerprint density at radius 1 is 1.02 bits per heavy atom. The second-order valence-corrected chi connectivity index (χ2v) is 11.2. The molecule has 2 aromatic rings. The summed E-state index contributed by atoms with van der Waals surface area (Å²) in [4.78, 5) is 36.2. The number of alkyl halides is 6. The first-order valence-electron chi connectivity index (χ1n) is 13.6. The molecule has 14 heteroatoms. The standard InChI is InChI=1S/C27H36F6N6O2/c1-5-11-39(12-8-6-7-9-19-34-15-17(16-35-19)26(28,29)30)20(40)10-13-38(4)23-22-18(14-25(23,2)3)21(27(31,32)33)24(41)37-36-22/h15-16,23H,5-14H2,1-4H3,(H,37,41). The number of unbranched alkanes of at least 4 members (excludes halogenated alkanes) is 2. The maximum absolute atomic E-state index is 13.6. The predicted molar refractivity (Wildman–Crippen MR) is 139 cm³/mol. The molecule has 2 aromatic heterocycles. The van der Waals surface area contributed by atoms with Gasteiger partial charge in [-0.1, -0.05) is 27.2 Å². The van der Waals surface area contributed by atoms with Crippen LogP contribution in [0, 0.1) is 5.41 Å². The van der Waals surface area contributed by atoms with Gasteiger partial charge in [-0.05, 0) is 43.7 Å². The predicted octanol–water partition coefficient (Wildman–Crippen LogP) is 5.19. The van der Waals surface area contributed by atoms with E-state index in [0.717, 1.165) is 25.2 Å². The molecular formula is C27H36F6N6O2. The first kappa shape index (κ1) is 32.5. The van der Waals surface area contributed by atoms with Crippen molar-refractivity contribution in [1.82, 2.24) is 30.0 Å². The van der Waals surface area contributed by atoms with E-state index < -0.39 is 40.5 Å². The quantitative estimate of drug-likeness (QED) is 0.270. The second kappa shape index (κ2) is 12.9. The van der Waals surface area contributed by atoms with Crippen molar-refractivity contribution < 1.29 is 31.1 Å². The average molecular weight is 591 g/mol. The van der Waals surface area contributed by atoms with Crippen LogP contribution >= 0.6 is 0 Å². The number of fused-ring (bicyclic) bond motifs is 1. The Bertz CT molecular complexity index is 1240. The van der Waals surface area contributed by atoms with Gasteiger partial charge in [-0.15, -0.1) is 0 Å². The molecule has 0 aromatic carbocycles. The lowest BCUT2D eigenvalue weighted by atomic mass is 9.85. The molecule has 1 aliphatic rings. The highest BCUT2D eigenvalue weighted by Crippen LogP contribution is 2.49. The largest absolute Gasteiger partial charge is 0.422 e. The summed E-state index contributed by atoms with van der Waals surface area (Å²) in [5.74, 6) is 0.256. The van der Waals surface area contributed by atoms with Crippen molar-refractivity contribution in [3.8, 4) is 0 Å². The van der Waals surface area contributed by atoms with Gasteiger partial charge < -0.3 is 4.90 Å². The molecule has 0 fully saturated rings. The lowest BCUT2D eigenvalue weighted by molar-refractivity contribution is -0.139. The van der Waals surface area contributed by atoms with Crippen LogP contribution in [0.3, 0.4) is 0 Å². The number of carbonyl (C=O) groups is 1. The normalized spacial score (nSPS) is 16.7. The molecule has 41 heavy (non-hydrogen) atoms. The monoisotopic (exact) mass is 590 g/mol. The highest BCUT2D eigenvalue weighted by Gasteiger charge is 2.49. The van der Waals surface area contributed by atoms with Crippen LogP contribution in [-0.4, -0.2) is 62.6 Å². The number of aromatic nitrogens is 4. The lowest BCUT2D eigenvalue weighted by Gasteiger charge is -2.35. The van der Waals surface area contributed by atoms with Gasteiger partial charge in [-0.3, -0.25) is 14.5 Å². The number of aryl methyl sites for hydroxylation is 1. The fraction of sp³-hybridized carbons (Fsp3) is 0.667. The third-order valence-electron chi connectivity index (χ3n) is 7.36. The van der Waals surface area contributed by atoms with E-state index in [0.29, 0.717) is 44.7 Å².